The molecule has 0 radical (unpaired) electrons. The summed E-state index contributed by atoms with van der Waals surface area (Å²) in [5.74, 6) is -0.161. The van der Waals surface area contributed by atoms with Crippen LogP contribution in [0.25, 0.3) is 10.9 Å². The molecule has 1 amide bonds. The fourth-order valence-electron chi connectivity index (χ4n) is 3.42. The molecule has 0 aliphatic carbocycles. The third-order valence-electron chi connectivity index (χ3n) is 5.03. The number of nitrogens with two attached hydrogens (primary N) is 1. The summed E-state index contributed by atoms with van der Waals surface area (Å²) in [6, 6.07) is 8.88. The predicted octanol–water partition coefficient (Wildman–Crippen LogP) is 1.40. The topological polar surface area (TPSA) is 110 Å². The molecule has 3 N–H and O–H groups in total. The molecule has 0 saturated carbocycles. The number of carbonyl (C=O) groups excluding carboxylic acids is 1. The molecule has 1 saturated heterocycles. The lowest BCUT2D eigenvalue weighted by molar-refractivity contribution is 0.0781. The zero-order chi connectivity index (χ0) is 19.2. The van der Waals surface area contributed by atoms with Crippen molar-refractivity contribution in [2.24, 2.45) is 5.73 Å². The minimum atomic E-state index is -0.594. The summed E-state index contributed by atoms with van der Waals surface area (Å²) in [6.45, 7) is 4.71. The first-order valence-corrected chi connectivity index (χ1v) is 8.94. The average molecular weight is 366 g/mol. The number of fused-ring (bicyclic) bond motifs is 1. The van der Waals surface area contributed by atoms with Gasteiger partial charge in [-0.05, 0) is 38.5 Å². The fourth-order valence-corrected chi connectivity index (χ4v) is 3.42. The highest BCUT2D eigenvalue weighted by Gasteiger charge is 2.31. The number of likely N-dealkylation sites (tertiary alicyclic amines) is 1. The monoisotopic (exact) mass is 366 g/mol. The zero-order valence-corrected chi connectivity index (χ0v) is 15.3. The van der Waals surface area contributed by atoms with Crippen molar-refractivity contribution in [3.05, 3.63) is 58.4 Å². The zero-order valence-electron chi connectivity index (χ0n) is 15.3. The van der Waals surface area contributed by atoms with E-state index < -0.39 is 5.54 Å². The van der Waals surface area contributed by atoms with Gasteiger partial charge in [-0.3, -0.25) is 19.3 Å². The van der Waals surface area contributed by atoms with Crippen LogP contribution in [0.3, 0.4) is 0 Å². The van der Waals surface area contributed by atoms with E-state index in [0.717, 1.165) is 0 Å². The van der Waals surface area contributed by atoms with Crippen molar-refractivity contribution in [1.29, 1.82) is 0 Å². The molecule has 0 spiro atoms. The molecule has 140 valence electrons. The summed E-state index contributed by atoms with van der Waals surface area (Å²) in [5, 5.41) is 7.53. The lowest BCUT2D eigenvalue weighted by atomic mass is 10.0. The van der Waals surface area contributed by atoms with E-state index in [1.54, 1.807) is 27.9 Å². The third kappa shape index (κ3) is 3.12. The van der Waals surface area contributed by atoms with Gasteiger partial charge in [-0.25, -0.2) is 4.98 Å². The number of carbonyl (C=O) groups is 1. The van der Waals surface area contributed by atoms with Crippen molar-refractivity contribution in [2.75, 3.05) is 13.1 Å². The maximum atomic E-state index is 12.8. The number of hydrogen-bond acceptors (Lipinski definition) is 5. The number of amides is 1. The molecule has 1 aliphatic rings. The van der Waals surface area contributed by atoms with E-state index in [1.165, 1.54) is 0 Å². The van der Waals surface area contributed by atoms with Gasteiger partial charge in [0, 0.05) is 13.1 Å². The Kier molecular flexibility index (Phi) is 4.07. The highest BCUT2D eigenvalue weighted by molar-refractivity contribution is 5.92. The number of aromatic nitrogens is 4. The molecule has 27 heavy (non-hydrogen) atoms. The molecule has 1 unspecified atom stereocenters. The number of rotatable bonds is 3. The molecule has 1 fully saturated rings. The second kappa shape index (κ2) is 6.31. The summed E-state index contributed by atoms with van der Waals surface area (Å²) in [5.41, 5.74) is 7.10. The Labute approximate surface area is 156 Å². The highest BCUT2D eigenvalue weighted by Crippen LogP contribution is 2.23. The lowest BCUT2D eigenvalue weighted by Gasteiger charge is -2.17. The highest BCUT2D eigenvalue weighted by atomic mass is 16.2. The molecular weight excluding hydrogens is 344 g/mol. The number of nitrogens with zero attached hydrogens (tertiary/aromatic N) is 4. The number of benzene rings is 1. The van der Waals surface area contributed by atoms with Crippen LogP contribution in [0.2, 0.25) is 0 Å². The van der Waals surface area contributed by atoms with Crippen molar-refractivity contribution < 1.29 is 4.79 Å². The van der Waals surface area contributed by atoms with Crippen LogP contribution in [0.5, 0.6) is 0 Å². The van der Waals surface area contributed by atoms with Crippen LogP contribution in [0.15, 0.2) is 41.5 Å². The van der Waals surface area contributed by atoms with E-state index in [4.69, 9.17) is 5.73 Å². The second-order valence-electron chi connectivity index (χ2n) is 7.56. The minimum absolute atomic E-state index is 0.0770. The molecule has 8 nitrogen and oxygen atoms in total. The van der Waals surface area contributed by atoms with E-state index in [0.29, 0.717) is 41.8 Å². The second-order valence-corrected chi connectivity index (χ2v) is 7.56. The molecule has 3 heterocycles. The Morgan fingerprint density at radius 2 is 2.11 bits per heavy atom. The SMILES string of the molecule is CC(C)(N)c1cc(C(=O)N2CCC(n3cnc4ccccc4c3=O)C2)n[nH]1. The van der Waals surface area contributed by atoms with Crippen LogP contribution in [-0.2, 0) is 5.54 Å². The maximum Gasteiger partial charge on any atom is 0.274 e. The van der Waals surface area contributed by atoms with Crippen molar-refractivity contribution >= 4 is 16.8 Å². The van der Waals surface area contributed by atoms with Gasteiger partial charge in [0.05, 0.1) is 34.5 Å². The minimum Gasteiger partial charge on any atom is -0.335 e. The van der Waals surface area contributed by atoms with Gasteiger partial charge in [0.2, 0.25) is 0 Å². The van der Waals surface area contributed by atoms with Crippen LogP contribution in [-0.4, -0.2) is 43.6 Å². The number of para-hydroxylation sites is 1. The summed E-state index contributed by atoms with van der Waals surface area (Å²) in [4.78, 5) is 31.6. The van der Waals surface area contributed by atoms with E-state index in [9.17, 15) is 9.59 Å². The van der Waals surface area contributed by atoms with Gasteiger partial charge in [-0.2, -0.15) is 5.10 Å². The van der Waals surface area contributed by atoms with Crippen LogP contribution in [0, 0.1) is 0 Å². The van der Waals surface area contributed by atoms with Gasteiger partial charge in [0.25, 0.3) is 11.5 Å². The Morgan fingerprint density at radius 1 is 1.33 bits per heavy atom. The Balaban J connectivity index is 1.55. The van der Waals surface area contributed by atoms with Crippen molar-refractivity contribution in [1.82, 2.24) is 24.6 Å². The van der Waals surface area contributed by atoms with Crippen LogP contribution in [0.4, 0.5) is 0 Å². The van der Waals surface area contributed by atoms with E-state index in [2.05, 4.69) is 15.2 Å². The van der Waals surface area contributed by atoms with E-state index in [1.807, 2.05) is 32.0 Å². The summed E-state index contributed by atoms with van der Waals surface area (Å²) in [7, 11) is 0. The molecular formula is C19H22N6O2. The number of aromatic amines is 1. The standard InChI is InChI=1S/C19H22N6O2/c1-19(2,20)16-9-15(22-23-16)18(27)24-8-7-12(10-24)25-11-21-14-6-4-3-5-13(14)17(25)26/h3-6,9,11-12H,7-8,10,20H2,1-2H3,(H,22,23). The van der Waals surface area contributed by atoms with Gasteiger partial charge in [-0.1, -0.05) is 12.1 Å². The summed E-state index contributed by atoms with van der Waals surface area (Å²) < 4.78 is 1.63. The van der Waals surface area contributed by atoms with E-state index in [-0.39, 0.29) is 17.5 Å². The third-order valence-corrected chi connectivity index (χ3v) is 5.03. The maximum absolute atomic E-state index is 12.8. The fraction of sp³-hybridized carbons (Fsp3) is 0.368. The molecule has 4 rings (SSSR count). The molecule has 0 bridgehead atoms. The van der Waals surface area contributed by atoms with Crippen molar-refractivity contribution in [3.8, 4) is 0 Å². The van der Waals surface area contributed by atoms with Gasteiger partial charge >= 0.3 is 0 Å². The lowest BCUT2D eigenvalue weighted by Crippen LogP contribution is -2.32. The van der Waals surface area contributed by atoms with Gasteiger partial charge in [-0.15, -0.1) is 0 Å². The Bertz CT molecular complexity index is 1060. The number of nitrogens with one attached hydrogen (secondary N) is 1. The van der Waals surface area contributed by atoms with E-state index >= 15 is 0 Å². The normalized spacial score (nSPS) is 17.6. The van der Waals surface area contributed by atoms with Gasteiger partial charge < -0.3 is 10.6 Å². The summed E-state index contributed by atoms with van der Waals surface area (Å²) in [6.07, 6.45) is 2.28. The molecule has 2 aromatic heterocycles. The van der Waals surface area contributed by atoms with Gasteiger partial charge in [0.1, 0.15) is 5.69 Å². The smallest absolute Gasteiger partial charge is 0.274 e. The first kappa shape index (κ1) is 17.4. The van der Waals surface area contributed by atoms with Crippen LogP contribution >= 0.6 is 0 Å². The number of H-pyrrole nitrogens is 1. The predicted molar refractivity (Wildman–Crippen MR) is 101 cm³/mol. The van der Waals surface area contributed by atoms with Crippen LogP contribution < -0.4 is 11.3 Å². The summed E-state index contributed by atoms with van der Waals surface area (Å²) >= 11 is 0. The first-order chi connectivity index (χ1) is 12.8. The van der Waals surface area contributed by atoms with Crippen molar-refractivity contribution in [3.63, 3.8) is 0 Å². The molecule has 3 aromatic rings. The molecule has 1 aromatic carbocycles. The Hall–Kier alpha value is -3.00. The van der Waals surface area contributed by atoms with Gasteiger partial charge in [0.15, 0.2) is 0 Å². The quantitative estimate of drug-likeness (QED) is 0.728. The van der Waals surface area contributed by atoms with Crippen molar-refractivity contribution in [2.45, 2.75) is 31.8 Å². The first-order valence-electron chi connectivity index (χ1n) is 8.94. The number of hydrogen-bond donors (Lipinski definition) is 2. The largest absolute Gasteiger partial charge is 0.335 e. The Morgan fingerprint density at radius 3 is 2.85 bits per heavy atom. The molecule has 1 atom stereocenters. The molecule has 8 heteroatoms. The average Bonchev–Trinajstić information content (AvgIpc) is 3.31. The van der Waals surface area contributed by atoms with Crippen LogP contribution in [0.1, 0.15) is 42.5 Å². The molecule has 1 aliphatic heterocycles.